The van der Waals surface area contributed by atoms with E-state index in [1.54, 1.807) is 24.0 Å². The van der Waals surface area contributed by atoms with Gasteiger partial charge in [0.15, 0.2) is 0 Å². The molecule has 0 radical (unpaired) electrons. The predicted octanol–water partition coefficient (Wildman–Crippen LogP) is 0.587. The van der Waals surface area contributed by atoms with Crippen LogP contribution in [0.25, 0.3) is 0 Å². The van der Waals surface area contributed by atoms with E-state index >= 15 is 0 Å². The van der Waals surface area contributed by atoms with E-state index in [9.17, 15) is 13.2 Å². The summed E-state index contributed by atoms with van der Waals surface area (Å²) in [6.45, 7) is 0.0813. The number of aliphatic carboxylic acids is 1. The van der Waals surface area contributed by atoms with Crippen molar-refractivity contribution in [1.82, 2.24) is 14.3 Å². The summed E-state index contributed by atoms with van der Waals surface area (Å²) < 4.78 is 28.4. The number of aryl methyl sites for hydroxylation is 1. The average Bonchev–Trinajstić information content (AvgIpc) is 2.95. The Balaban J connectivity index is 2.08. The maximum Gasteiger partial charge on any atom is 0.308 e. The lowest BCUT2D eigenvalue weighted by atomic mass is 10.3. The second kappa shape index (κ2) is 5.73. The lowest BCUT2D eigenvalue weighted by Crippen LogP contribution is -2.23. The van der Waals surface area contributed by atoms with Gasteiger partial charge in [0.05, 0.1) is 13.0 Å². The van der Waals surface area contributed by atoms with Crippen molar-refractivity contribution in [3.63, 3.8) is 0 Å². The molecule has 0 spiro atoms. The van der Waals surface area contributed by atoms with Crippen LogP contribution in [0.4, 0.5) is 0 Å². The number of hydrogen-bond donors (Lipinski definition) is 2. The van der Waals surface area contributed by atoms with E-state index in [0.29, 0.717) is 10.7 Å². The maximum atomic E-state index is 12.1. The van der Waals surface area contributed by atoms with Crippen LogP contribution in [-0.4, -0.2) is 29.0 Å². The summed E-state index contributed by atoms with van der Waals surface area (Å²) in [5.41, 5.74) is 0. The van der Waals surface area contributed by atoms with Crippen molar-refractivity contribution < 1.29 is 18.3 Å². The summed E-state index contributed by atoms with van der Waals surface area (Å²) in [6.07, 6.45) is 3.12. The second-order valence-corrected chi connectivity index (χ2v) is 7.23. The van der Waals surface area contributed by atoms with Gasteiger partial charge in [0.25, 0.3) is 0 Å². The Morgan fingerprint density at radius 3 is 2.85 bits per heavy atom. The normalized spacial score (nSPS) is 11.7. The Hall–Kier alpha value is -1.71. The zero-order chi connectivity index (χ0) is 14.8. The Morgan fingerprint density at radius 1 is 1.50 bits per heavy atom. The molecule has 0 atom stereocenters. The molecule has 0 saturated carbocycles. The molecule has 0 fully saturated rings. The molecule has 108 valence electrons. The fourth-order valence-electron chi connectivity index (χ4n) is 1.54. The van der Waals surface area contributed by atoms with Gasteiger partial charge in [0, 0.05) is 24.3 Å². The van der Waals surface area contributed by atoms with E-state index in [1.165, 1.54) is 12.1 Å². The molecule has 2 aromatic heterocycles. The summed E-state index contributed by atoms with van der Waals surface area (Å²) in [7, 11) is -1.88. The standard InChI is InChI=1S/C11H13N3O4S2/c1-14-5-4-12-9(14)7-13-20(17,18)11-3-2-8(19-11)6-10(15)16/h2-5,13H,6-7H2,1H3,(H,15,16). The summed E-state index contributed by atoms with van der Waals surface area (Å²) in [5, 5.41) is 8.67. The molecule has 2 rings (SSSR count). The third-order valence-corrected chi connectivity index (χ3v) is 5.55. The van der Waals surface area contributed by atoms with Crippen molar-refractivity contribution in [2.24, 2.45) is 7.05 Å². The van der Waals surface area contributed by atoms with Gasteiger partial charge in [-0.3, -0.25) is 4.79 Å². The Morgan fingerprint density at radius 2 is 2.25 bits per heavy atom. The van der Waals surface area contributed by atoms with E-state index in [-0.39, 0.29) is 17.2 Å². The first kappa shape index (κ1) is 14.7. The number of carboxylic acid groups (broad SMARTS) is 1. The lowest BCUT2D eigenvalue weighted by molar-refractivity contribution is -0.136. The molecular formula is C11H13N3O4S2. The molecule has 2 heterocycles. The first-order valence-corrected chi connectivity index (χ1v) is 7.95. The van der Waals surface area contributed by atoms with Crippen LogP contribution in [0.3, 0.4) is 0 Å². The van der Waals surface area contributed by atoms with Crippen molar-refractivity contribution in [1.29, 1.82) is 0 Å². The van der Waals surface area contributed by atoms with Crippen molar-refractivity contribution >= 4 is 27.3 Å². The Labute approximate surface area is 119 Å². The van der Waals surface area contributed by atoms with Crippen molar-refractivity contribution in [2.75, 3.05) is 0 Å². The first-order valence-electron chi connectivity index (χ1n) is 5.65. The number of carboxylic acids is 1. The lowest BCUT2D eigenvalue weighted by Gasteiger charge is -2.04. The van der Waals surface area contributed by atoms with Crippen molar-refractivity contribution in [3.05, 3.63) is 35.2 Å². The molecule has 0 saturated heterocycles. The van der Waals surface area contributed by atoms with Gasteiger partial charge < -0.3 is 9.67 Å². The van der Waals surface area contributed by atoms with Gasteiger partial charge in [-0.1, -0.05) is 0 Å². The molecule has 2 aromatic rings. The number of thiophene rings is 1. The number of sulfonamides is 1. The maximum absolute atomic E-state index is 12.1. The molecule has 0 aliphatic carbocycles. The van der Waals surface area contributed by atoms with E-state index in [2.05, 4.69) is 9.71 Å². The second-order valence-electron chi connectivity index (χ2n) is 4.07. The van der Waals surface area contributed by atoms with E-state index in [4.69, 9.17) is 5.11 Å². The van der Waals surface area contributed by atoms with Crippen LogP contribution in [0.15, 0.2) is 28.7 Å². The molecule has 0 aliphatic rings. The molecule has 9 heteroatoms. The summed E-state index contributed by atoms with van der Waals surface area (Å²) in [6, 6.07) is 2.91. The summed E-state index contributed by atoms with van der Waals surface area (Å²) in [5.74, 6) is -0.396. The van der Waals surface area contributed by atoms with E-state index in [0.717, 1.165) is 11.3 Å². The highest BCUT2D eigenvalue weighted by Crippen LogP contribution is 2.22. The molecule has 20 heavy (non-hydrogen) atoms. The average molecular weight is 315 g/mol. The highest BCUT2D eigenvalue weighted by atomic mass is 32.2. The number of carbonyl (C=O) groups is 1. The third kappa shape index (κ3) is 3.44. The van der Waals surface area contributed by atoms with Crippen LogP contribution >= 0.6 is 11.3 Å². The minimum Gasteiger partial charge on any atom is -0.481 e. The van der Waals surface area contributed by atoms with Crippen LogP contribution in [-0.2, 0) is 34.8 Å². The number of nitrogens with one attached hydrogen (secondary N) is 1. The number of rotatable bonds is 6. The molecule has 0 amide bonds. The molecule has 0 aromatic carbocycles. The van der Waals surface area contributed by atoms with Crippen LogP contribution < -0.4 is 4.72 Å². The number of imidazole rings is 1. The van der Waals surface area contributed by atoms with E-state index < -0.39 is 16.0 Å². The smallest absolute Gasteiger partial charge is 0.308 e. The number of hydrogen-bond acceptors (Lipinski definition) is 5. The third-order valence-electron chi connectivity index (χ3n) is 2.57. The van der Waals surface area contributed by atoms with Gasteiger partial charge >= 0.3 is 5.97 Å². The fraction of sp³-hybridized carbons (Fsp3) is 0.273. The largest absolute Gasteiger partial charge is 0.481 e. The minimum absolute atomic E-state index is 0.0813. The van der Waals surface area contributed by atoms with Gasteiger partial charge in [-0.15, -0.1) is 11.3 Å². The highest BCUT2D eigenvalue weighted by Gasteiger charge is 2.18. The van der Waals surface area contributed by atoms with Crippen LogP contribution in [0.2, 0.25) is 0 Å². The molecule has 0 aliphatic heterocycles. The van der Waals surface area contributed by atoms with Gasteiger partial charge in [-0.2, -0.15) is 0 Å². The highest BCUT2D eigenvalue weighted by molar-refractivity contribution is 7.91. The Kier molecular flexibility index (Phi) is 4.21. The first-order chi connectivity index (χ1) is 9.38. The fourth-order valence-corrected chi connectivity index (χ4v) is 3.92. The Bertz CT molecular complexity index is 718. The topological polar surface area (TPSA) is 101 Å². The van der Waals surface area contributed by atoms with E-state index in [1.807, 2.05) is 0 Å². The van der Waals surface area contributed by atoms with Gasteiger partial charge in [-0.05, 0) is 12.1 Å². The van der Waals surface area contributed by atoms with Crippen molar-refractivity contribution in [3.8, 4) is 0 Å². The molecule has 7 nitrogen and oxygen atoms in total. The number of nitrogens with zero attached hydrogens (tertiary/aromatic N) is 2. The zero-order valence-electron chi connectivity index (χ0n) is 10.6. The van der Waals surface area contributed by atoms with Crippen LogP contribution in [0, 0.1) is 0 Å². The monoisotopic (exact) mass is 315 g/mol. The quantitative estimate of drug-likeness (QED) is 0.812. The van der Waals surface area contributed by atoms with Gasteiger partial charge in [-0.25, -0.2) is 18.1 Å². The van der Waals surface area contributed by atoms with Crippen molar-refractivity contribution in [2.45, 2.75) is 17.2 Å². The van der Waals surface area contributed by atoms with Crippen LogP contribution in [0.1, 0.15) is 10.7 Å². The molecule has 0 unspecified atom stereocenters. The van der Waals surface area contributed by atoms with Crippen LogP contribution in [0.5, 0.6) is 0 Å². The minimum atomic E-state index is -3.65. The zero-order valence-corrected chi connectivity index (χ0v) is 12.2. The SMILES string of the molecule is Cn1ccnc1CNS(=O)(=O)c1ccc(CC(=O)O)s1. The molecular weight excluding hydrogens is 302 g/mol. The van der Waals surface area contributed by atoms with Gasteiger partial charge in [0.2, 0.25) is 10.0 Å². The summed E-state index contributed by atoms with van der Waals surface area (Å²) in [4.78, 5) is 15.1. The van der Waals surface area contributed by atoms with Gasteiger partial charge in [0.1, 0.15) is 10.0 Å². The molecule has 0 bridgehead atoms. The number of aromatic nitrogens is 2. The summed E-state index contributed by atoms with van der Waals surface area (Å²) >= 11 is 0.951. The molecule has 2 N–H and O–H groups in total. The predicted molar refractivity (Wildman–Crippen MR) is 72.9 cm³/mol.